The van der Waals surface area contributed by atoms with Crippen molar-refractivity contribution in [1.82, 2.24) is 19.9 Å². The Bertz CT molecular complexity index is 690. The number of ether oxygens (including phenoxy) is 1. The Morgan fingerprint density at radius 2 is 2.09 bits per heavy atom. The standard InChI is InChI=1S/C13H12N4O4S/c18-12(17-4-5-21-7-8(17)13(19)20)9-6-16-11(22-9)10-14-2-1-3-15-10/h1-3,6,8H,4-5,7H2,(H,19,20). The minimum atomic E-state index is -1.08. The van der Waals surface area contributed by atoms with Gasteiger partial charge in [-0.1, -0.05) is 0 Å². The molecule has 1 aliphatic heterocycles. The Morgan fingerprint density at radius 1 is 1.32 bits per heavy atom. The highest BCUT2D eigenvalue weighted by Crippen LogP contribution is 2.24. The maximum atomic E-state index is 12.5. The normalized spacial score (nSPS) is 18.2. The summed E-state index contributed by atoms with van der Waals surface area (Å²) in [5.41, 5.74) is 0. The van der Waals surface area contributed by atoms with Gasteiger partial charge in [-0.15, -0.1) is 11.3 Å². The van der Waals surface area contributed by atoms with Crippen LogP contribution in [0.5, 0.6) is 0 Å². The molecule has 1 N–H and O–H groups in total. The third-order valence-corrected chi connectivity index (χ3v) is 4.13. The van der Waals surface area contributed by atoms with Gasteiger partial charge in [0.15, 0.2) is 16.9 Å². The zero-order valence-corrected chi connectivity index (χ0v) is 12.2. The Labute approximate surface area is 129 Å². The predicted molar refractivity (Wildman–Crippen MR) is 76.4 cm³/mol. The summed E-state index contributed by atoms with van der Waals surface area (Å²) in [5, 5.41) is 9.70. The largest absolute Gasteiger partial charge is 0.480 e. The molecule has 0 spiro atoms. The topological polar surface area (TPSA) is 106 Å². The van der Waals surface area contributed by atoms with Crippen LogP contribution in [0.3, 0.4) is 0 Å². The first-order valence-electron chi connectivity index (χ1n) is 6.51. The first kappa shape index (κ1) is 14.5. The van der Waals surface area contributed by atoms with Crippen LogP contribution in [0.25, 0.3) is 10.8 Å². The molecule has 1 amide bonds. The maximum Gasteiger partial charge on any atom is 0.328 e. The van der Waals surface area contributed by atoms with Crippen LogP contribution in [0.4, 0.5) is 0 Å². The Kier molecular flexibility index (Phi) is 4.07. The number of thiazole rings is 1. The van der Waals surface area contributed by atoms with Crippen LogP contribution < -0.4 is 0 Å². The van der Waals surface area contributed by atoms with Gasteiger partial charge in [-0.2, -0.15) is 0 Å². The second-order valence-corrected chi connectivity index (χ2v) is 5.56. The monoisotopic (exact) mass is 320 g/mol. The highest BCUT2D eigenvalue weighted by molar-refractivity contribution is 7.16. The van der Waals surface area contributed by atoms with Gasteiger partial charge >= 0.3 is 5.97 Å². The van der Waals surface area contributed by atoms with Crippen molar-refractivity contribution in [3.05, 3.63) is 29.5 Å². The van der Waals surface area contributed by atoms with E-state index < -0.39 is 12.0 Å². The van der Waals surface area contributed by atoms with Crippen molar-refractivity contribution >= 4 is 23.2 Å². The molecule has 0 radical (unpaired) electrons. The van der Waals surface area contributed by atoms with E-state index >= 15 is 0 Å². The van der Waals surface area contributed by atoms with Crippen molar-refractivity contribution in [3.63, 3.8) is 0 Å². The highest BCUT2D eigenvalue weighted by Gasteiger charge is 2.34. The summed E-state index contributed by atoms with van der Waals surface area (Å²) in [6.45, 7) is 0.558. The summed E-state index contributed by atoms with van der Waals surface area (Å²) < 4.78 is 5.13. The van der Waals surface area contributed by atoms with Crippen molar-refractivity contribution in [3.8, 4) is 10.8 Å². The van der Waals surface area contributed by atoms with E-state index in [1.54, 1.807) is 18.5 Å². The van der Waals surface area contributed by atoms with Gasteiger partial charge in [-0.25, -0.2) is 19.7 Å². The number of carbonyl (C=O) groups is 2. The molecule has 0 aromatic carbocycles. The van der Waals surface area contributed by atoms with E-state index in [4.69, 9.17) is 4.74 Å². The summed E-state index contributed by atoms with van der Waals surface area (Å²) in [4.78, 5) is 37.7. The number of carboxylic acids is 1. The molecular weight excluding hydrogens is 308 g/mol. The zero-order chi connectivity index (χ0) is 15.5. The smallest absolute Gasteiger partial charge is 0.328 e. The molecule has 0 saturated carbocycles. The van der Waals surface area contributed by atoms with Crippen LogP contribution in [0, 0.1) is 0 Å². The first-order chi connectivity index (χ1) is 10.7. The molecule has 0 aliphatic carbocycles. The van der Waals surface area contributed by atoms with E-state index in [0.29, 0.717) is 22.3 Å². The Morgan fingerprint density at radius 3 is 2.82 bits per heavy atom. The van der Waals surface area contributed by atoms with Crippen molar-refractivity contribution in [2.24, 2.45) is 0 Å². The van der Waals surface area contributed by atoms with Crippen LogP contribution in [-0.2, 0) is 9.53 Å². The molecule has 1 saturated heterocycles. The second kappa shape index (κ2) is 6.16. The average molecular weight is 320 g/mol. The summed E-state index contributed by atoms with van der Waals surface area (Å²) in [5.74, 6) is -1.01. The van der Waals surface area contributed by atoms with Gasteiger partial charge in [0.1, 0.15) is 4.88 Å². The second-order valence-electron chi connectivity index (χ2n) is 4.53. The molecule has 3 rings (SSSR count). The van der Waals surface area contributed by atoms with Gasteiger partial charge < -0.3 is 14.7 Å². The number of hydrogen-bond donors (Lipinski definition) is 1. The van der Waals surface area contributed by atoms with E-state index in [-0.39, 0.29) is 19.1 Å². The third kappa shape index (κ3) is 2.81. The molecule has 2 aromatic heterocycles. The van der Waals surface area contributed by atoms with Gasteiger partial charge in [-0.3, -0.25) is 4.79 Å². The van der Waals surface area contributed by atoms with Crippen LogP contribution in [0.2, 0.25) is 0 Å². The van der Waals surface area contributed by atoms with Crippen LogP contribution in [0.1, 0.15) is 9.67 Å². The minimum absolute atomic E-state index is 0.00543. The van der Waals surface area contributed by atoms with Crippen molar-refractivity contribution in [2.75, 3.05) is 19.8 Å². The van der Waals surface area contributed by atoms with E-state index in [2.05, 4.69) is 15.0 Å². The lowest BCUT2D eigenvalue weighted by molar-refractivity contribution is -0.147. The Balaban J connectivity index is 1.83. The lowest BCUT2D eigenvalue weighted by Crippen LogP contribution is -2.52. The average Bonchev–Trinajstić information content (AvgIpc) is 3.05. The molecule has 1 unspecified atom stereocenters. The van der Waals surface area contributed by atoms with Gasteiger partial charge in [0.2, 0.25) is 0 Å². The number of aliphatic carboxylic acids is 1. The molecular formula is C13H12N4O4S. The molecule has 2 aromatic rings. The number of hydrogen-bond acceptors (Lipinski definition) is 7. The van der Waals surface area contributed by atoms with Gasteiger partial charge in [0.05, 0.1) is 19.4 Å². The molecule has 3 heterocycles. The Hall–Kier alpha value is -2.39. The molecule has 1 atom stereocenters. The number of aromatic nitrogens is 3. The van der Waals surface area contributed by atoms with E-state index in [1.165, 1.54) is 11.1 Å². The fourth-order valence-electron chi connectivity index (χ4n) is 2.08. The van der Waals surface area contributed by atoms with E-state index in [9.17, 15) is 14.7 Å². The third-order valence-electron chi connectivity index (χ3n) is 3.15. The predicted octanol–water partition coefficient (Wildman–Crippen LogP) is 0.526. The number of rotatable bonds is 3. The lowest BCUT2D eigenvalue weighted by atomic mass is 10.2. The van der Waals surface area contributed by atoms with E-state index in [0.717, 1.165) is 11.3 Å². The molecule has 1 aliphatic rings. The number of carboxylic acid groups (broad SMARTS) is 1. The van der Waals surface area contributed by atoms with Crippen LogP contribution in [0.15, 0.2) is 24.7 Å². The summed E-state index contributed by atoms with van der Waals surface area (Å²) in [6.07, 6.45) is 4.61. The van der Waals surface area contributed by atoms with Gasteiger partial charge in [-0.05, 0) is 6.07 Å². The summed E-state index contributed by atoms with van der Waals surface area (Å²) in [6, 6.07) is 0.716. The maximum absolute atomic E-state index is 12.5. The van der Waals surface area contributed by atoms with Crippen molar-refractivity contribution < 1.29 is 19.4 Å². The summed E-state index contributed by atoms with van der Waals surface area (Å²) in [7, 11) is 0. The first-order valence-corrected chi connectivity index (χ1v) is 7.33. The number of carbonyl (C=O) groups excluding carboxylic acids is 1. The van der Waals surface area contributed by atoms with Crippen molar-refractivity contribution in [2.45, 2.75) is 6.04 Å². The van der Waals surface area contributed by atoms with Crippen LogP contribution >= 0.6 is 11.3 Å². The fourth-order valence-corrected chi connectivity index (χ4v) is 2.90. The molecule has 8 nitrogen and oxygen atoms in total. The minimum Gasteiger partial charge on any atom is -0.480 e. The molecule has 1 fully saturated rings. The molecule has 22 heavy (non-hydrogen) atoms. The van der Waals surface area contributed by atoms with Gasteiger partial charge in [0, 0.05) is 18.9 Å². The zero-order valence-electron chi connectivity index (χ0n) is 11.4. The fraction of sp³-hybridized carbons (Fsp3) is 0.308. The highest BCUT2D eigenvalue weighted by atomic mass is 32.1. The van der Waals surface area contributed by atoms with E-state index in [1.807, 2.05) is 0 Å². The number of nitrogens with zero attached hydrogens (tertiary/aromatic N) is 4. The summed E-state index contributed by atoms with van der Waals surface area (Å²) >= 11 is 1.14. The molecule has 9 heteroatoms. The quantitative estimate of drug-likeness (QED) is 0.879. The molecule has 0 bridgehead atoms. The SMILES string of the molecule is O=C(O)C1COCCN1C(=O)c1cnc(-c2ncccn2)s1. The number of amides is 1. The number of morpholine rings is 1. The van der Waals surface area contributed by atoms with Crippen molar-refractivity contribution in [1.29, 1.82) is 0 Å². The lowest BCUT2D eigenvalue weighted by Gasteiger charge is -2.32. The molecule has 114 valence electrons. The van der Waals surface area contributed by atoms with Gasteiger partial charge in [0.25, 0.3) is 5.91 Å². The van der Waals surface area contributed by atoms with Crippen LogP contribution in [-0.4, -0.2) is 62.6 Å².